The molecule has 1 aliphatic rings. The second-order valence-electron chi connectivity index (χ2n) is 8.69. The molecule has 8 heteroatoms. The average Bonchev–Trinajstić information content (AvgIpc) is 2.80. The quantitative estimate of drug-likeness (QED) is 0.622. The van der Waals surface area contributed by atoms with E-state index in [1.165, 1.54) is 6.07 Å². The number of piperidine rings is 1. The fourth-order valence-electron chi connectivity index (χ4n) is 4.31. The molecule has 1 saturated heterocycles. The number of halogens is 1. The lowest BCUT2D eigenvalue weighted by Crippen LogP contribution is -2.43. The van der Waals surface area contributed by atoms with Gasteiger partial charge >= 0.3 is 0 Å². The fourth-order valence-corrected chi connectivity index (χ4v) is 4.31. The molecule has 2 aromatic heterocycles. The van der Waals surface area contributed by atoms with Crippen molar-refractivity contribution in [3.8, 4) is 11.1 Å². The van der Waals surface area contributed by atoms with Gasteiger partial charge < -0.3 is 10.6 Å². The number of anilines is 1. The Morgan fingerprint density at radius 1 is 1.21 bits per heavy atom. The molecule has 0 radical (unpaired) electrons. The number of pyridine rings is 1. The topological polar surface area (TPSA) is 88.2 Å². The molecule has 1 unspecified atom stereocenters. The van der Waals surface area contributed by atoms with E-state index < -0.39 is 0 Å². The summed E-state index contributed by atoms with van der Waals surface area (Å²) in [6, 6.07) is 10.7. The number of nitrogens with zero attached hydrogens (tertiary/aromatic N) is 5. The van der Waals surface area contributed by atoms with Crippen LogP contribution in [0.15, 0.2) is 48.8 Å². The zero-order valence-corrected chi connectivity index (χ0v) is 19.0. The van der Waals surface area contributed by atoms with Crippen LogP contribution in [0.4, 0.5) is 10.3 Å². The molecule has 3 heterocycles. The number of likely N-dealkylation sites (tertiary alicyclic amines) is 1. The fraction of sp³-hybridized carbons (Fsp3) is 0.360. The van der Waals surface area contributed by atoms with Gasteiger partial charge in [-0.05, 0) is 50.6 Å². The Balaban J connectivity index is 1.43. The highest BCUT2D eigenvalue weighted by molar-refractivity contribution is 5.78. The molecule has 1 amide bonds. The molecule has 3 aromatic rings. The van der Waals surface area contributed by atoms with Gasteiger partial charge in [0.15, 0.2) is 0 Å². The van der Waals surface area contributed by atoms with Crippen LogP contribution in [0.2, 0.25) is 0 Å². The maximum absolute atomic E-state index is 13.9. The van der Waals surface area contributed by atoms with Crippen LogP contribution in [-0.2, 0) is 11.3 Å². The molecule has 1 aromatic carbocycles. The Morgan fingerprint density at radius 2 is 1.97 bits per heavy atom. The van der Waals surface area contributed by atoms with Crippen LogP contribution < -0.4 is 5.73 Å². The van der Waals surface area contributed by atoms with Crippen LogP contribution in [0.25, 0.3) is 11.1 Å². The molecular weight excluding hydrogens is 419 g/mol. The summed E-state index contributed by atoms with van der Waals surface area (Å²) >= 11 is 0. The minimum atomic E-state index is -0.248. The molecule has 0 bridgehead atoms. The highest BCUT2D eigenvalue weighted by Crippen LogP contribution is 2.29. The number of aromatic nitrogens is 3. The number of likely N-dealkylation sites (N-methyl/N-ethyl adjacent to an activating group) is 1. The molecular formula is C25H29FN6O. The summed E-state index contributed by atoms with van der Waals surface area (Å²) in [7, 11) is 1.84. The normalized spacial score (nSPS) is 16.2. The number of amides is 1. The van der Waals surface area contributed by atoms with E-state index >= 15 is 0 Å². The standard InChI is InChI=1S/C25H29FN6O/c1-17-10-20(21-12-28-25(27)29-13-21)11-23(30-17)19-7-5-9-32(15-19)24(33)16-31(2)14-18-6-3-4-8-22(18)26/h3-4,6,8,10-13,19H,5,7,9,14-16H2,1-2H3,(H2,27,28,29). The average molecular weight is 449 g/mol. The number of carbonyl (C=O) groups is 1. The van der Waals surface area contributed by atoms with Crippen LogP contribution in [-0.4, -0.2) is 57.3 Å². The number of benzene rings is 1. The van der Waals surface area contributed by atoms with Crippen LogP contribution >= 0.6 is 0 Å². The predicted octanol–water partition coefficient (Wildman–Crippen LogP) is 3.41. The molecule has 33 heavy (non-hydrogen) atoms. The number of aryl methyl sites for hydroxylation is 1. The third-order valence-electron chi connectivity index (χ3n) is 5.97. The summed E-state index contributed by atoms with van der Waals surface area (Å²) in [5.74, 6) is 0.208. The minimum Gasteiger partial charge on any atom is -0.368 e. The van der Waals surface area contributed by atoms with E-state index in [1.807, 2.05) is 35.9 Å². The van der Waals surface area contributed by atoms with Gasteiger partial charge in [0.2, 0.25) is 11.9 Å². The number of rotatable bonds is 6. The smallest absolute Gasteiger partial charge is 0.236 e. The highest BCUT2D eigenvalue weighted by atomic mass is 19.1. The molecule has 172 valence electrons. The number of carbonyl (C=O) groups excluding carboxylic acids is 1. The Kier molecular flexibility index (Phi) is 6.93. The van der Waals surface area contributed by atoms with Gasteiger partial charge in [0.25, 0.3) is 0 Å². The first-order valence-electron chi connectivity index (χ1n) is 11.2. The summed E-state index contributed by atoms with van der Waals surface area (Å²) in [6.07, 6.45) is 5.32. The molecule has 0 aliphatic carbocycles. The number of nitrogens with two attached hydrogens (primary N) is 1. The van der Waals surface area contributed by atoms with Gasteiger partial charge in [-0.3, -0.25) is 14.7 Å². The maximum Gasteiger partial charge on any atom is 0.236 e. The van der Waals surface area contributed by atoms with Gasteiger partial charge in [-0.25, -0.2) is 14.4 Å². The van der Waals surface area contributed by atoms with Gasteiger partial charge in [0, 0.05) is 60.5 Å². The van der Waals surface area contributed by atoms with Crippen molar-refractivity contribution in [3.63, 3.8) is 0 Å². The molecule has 1 atom stereocenters. The number of nitrogen functional groups attached to an aromatic ring is 1. The second kappa shape index (κ2) is 10.0. The Morgan fingerprint density at radius 3 is 2.73 bits per heavy atom. The molecule has 4 rings (SSSR count). The number of hydrogen-bond acceptors (Lipinski definition) is 6. The minimum absolute atomic E-state index is 0.0540. The molecule has 1 aliphatic heterocycles. The highest BCUT2D eigenvalue weighted by Gasteiger charge is 2.26. The lowest BCUT2D eigenvalue weighted by atomic mass is 9.92. The molecule has 0 saturated carbocycles. The largest absolute Gasteiger partial charge is 0.368 e. The van der Waals surface area contributed by atoms with E-state index in [2.05, 4.69) is 16.0 Å². The Hall–Kier alpha value is -3.39. The van der Waals surface area contributed by atoms with Crippen molar-refractivity contribution < 1.29 is 9.18 Å². The third kappa shape index (κ3) is 5.70. The van der Waals surface area contributed by atoms with Gasteiger partial charge in [-0.15, -0.1) is 0 Å². The summed E-state index contributed by atoms with van der Waals surface area (Å²) in [4.78, 5) is 29.7. The van der Waals surface area contributed by atoms with Crippen molar-refractivity contribution in [2.75, 3.05) is 32.4 Å². The van der Waals surface area contributed by atoms with Gasteiger partial charge in [0.1, 0.15) is 5.82 Å². The predicted molar refractivity (Wildman–Crippen MR) is 126 cm³/mol. The van der Waals surface area contributed by atoms with Crippen molar-refractivity contribution in [1.82, 2.24) is 24.8 Å². The first-order chi connectivity index (χ1) is 15.9. The third-order valence-corrected chi connectivity index (χ3v) is 5.97. The summed E-state index contributed by atoms with van der Waals surface area (Å²) in [5.41, 5.74) is 9.96. The number of hydrogen-bond donors (Lipinski definition) is 1. The van der Waals surface area contributed by atoms with Crippen molar-refractivity contribution in [2.45, 2.75) is 32.2 Å². The van der Waals surface area contributed by atoms with Crippen molar-refractivity contribution in [2.24, 2.45) is 0 Å². The monoisotopic (exact) mass is 448 g/mol. The zero-order chi connectivity index (χ0) is 23.4. The van der Waals surface area contributed by atoms with Crippen molar-refractivity contribution in [3.05, 3.63) is 71.6 Å². The van der Waals surface area contributed by atoms with E-state index in [9.17, 15) is 9.18 Å². The van der Waals surface area contributed by atoms with Crippen LogP contribution in [0, 0.1) is 12.7 Å². The van der Waals surface area contributed by atoms with Crippen molar-refractivity contribution >= 4 is 11.9 Å². The van der Waals surface area contributed by atoms with Gasteiger partial charge in [-0.2, -0.15) is 0 Å². The van der Waals surface area contributed by atoms with E-state index in [1.54, 1.807) is 24.5 Å². The van der Waals surface area contributed by atoms with Gasteiger partial charge in [-0.1, -0.05) is 18.2 Å². The molecule has 0 spiro atoms. The Labute approximate surface area is 193 Å². The Bertz CT molecular complexity index is 1120. The summed E-state index contributed by atoms with van der Waals surface area (Å²) in [6.45, 7) is 3.96. The van der Waals surface area contributed by atoms with E-state index in [-0.39, 0.29) is 30.1 Å². The lowest BCUT2D eigenvalue weighted by Gasteiger charge is -2.34. The second-order valence-corrected chi connectivity index (χ2v) is 8.69. The lowest BCUT2D eigenvalue weighted by molar-refractivity contribution is -0.133. The maximum atomic E-state index is 13.9. The van der Waals surface area contributed by atoms with Gasteiger partial charge in [0.05, 0.1) is 6.54 Å². The molecule has 2 N–H and O–H groups in total. The first kappa shape index (κ1) is 22.8. The SMILES string of the molecule is Cc1cc(-c2cnc(N)nc2)cc(C2CCCN(C(=O)CN(C)Cc3ccccc3F)C2)n1. The molecule has 1 fully saturated rings. The summed E-state index contributed by atoms with van der Waals surface area (Å²) in [5, 5.41) is 0. The van der Waals surface area contributed by atoms with Crippen LogP contribution in [0.3, 0.4) is 0 Å². The van der Waals surface area contributed by atoms with Crippen molar-refractivity contribution in [1.29, 1.82) is 0 Å². The van der Waals surface area contributed by atoms with E-state index in [0.717, 1.165) is 41.9 Å². The van der Waals surface area contributed by atoms with E-state index in [4.69, 9.17) is 10.7 Å². The molecule has 7 nitrogen and oxygen atoms in total. The van der Waals surface area contributed by atoms with E-state index in [0.29, 0.717) is 18.7 Å². The zero-order valence-electron chi connectivity index (χ0n) is 19.0. The summed E-state index contributed by atoms with van der Waals surface area (Å²) < 4.78 is 13.9. The first-order valence-corrected chi connectivity index (χ1v) is 11.2. The van der Waals surface area contributed by atoms with Crippen LogP contribution in [0.1, 0.15) is 35.7 Å². The van der Waals surface area contributed by atoms with Crippen LogP contribution in [0.5, 0.6) is 0 Å².